The van der Waals surface area contributed by atoms with Crippen molar-refractivity contribution in [3.05, 3.63) is 65.4 Å². The van der Waals surface area contributed by atoms with Gasteiger partial charge in [-0.1, -0.05) is 25.4 Å². The van der Waals surface area contributed by atoms with Gasteiger partial charge in [0.25, 0.3) is 5.91 Å². The van der Waals surface area contributed by atoms with Gasteiger partial charge in [-0.05, 0) is 61.2 Å². The van der Waals surface area contributed by atoms with Crippen molar-refractivity contribution in [3.63, 3.8) is 0 Å². The van der Waals surface area contributed by atoms with E-state index >= 15 is 0 Å². The summed E-state index contributed by atoms with van der Waals surface area (Å²) in [6.07, 6.45) is 4.96. The average Bonchev–Trinajstić information content (AvgIpc) is 3.19. The van der Waals surface area contributed by atoms with E-state index in [0.717, 1.165) is 12.8 Å². The maximum absolute atomic E-state index is 12.8. The lowest BCUT2D eigenvalue weighted by atomic mass is 10.1. The zero-order valence-electron chi connectivity index (χ0n) is 20.7. The Balaban J connectivity index is 1.64. The number of nitrogens with one attached hydrogen (secondary N) is 1. The number of hydrogen-bond donors (Lipinski definition) is 3. The van der Waals surface area contributed by atoms with Gasteiger partial charge in [-0.3, -0.25) is 9.78 Å². The van der Waals surface area contributed by atoms with E-state index in [1.165, 1.54) is 6.20 Å². The summed E-state index contributed by atoms with van der Waals surface area (Å²) in [7, 11) is -4.62. The van der Waals surface area contributed by atoms with E-state index in [0.29, 0.717) is 56.9 Å². The molecule has 38 heavy (non-hydrogen) atoms. The number of phosphoric acid groups is 1. The zero-order valence-corrected chi connectivity index (χ0v) is 22.4. The summed E-state index contributed by atoms with van der Waals surface area (Å²) in [4.78, 5) is 39.1. The van der Waals surface area contributed by atoms with E-state index in [-0.39, 0.29) is 5.91 Å². The number of carbonyl (C=O) groups excluding carboxylic acids is 1. The fraction of sp³-hybridized carbons (Fsp3) is 0.280. The first-order valence-electron chi connectivity index (χ1n) is 11.8. The number of ether oxygens (including phenoxy) is 1. The number of pyridine rings is 2. The number of carbonyl (C=O) groups is 1. The van der Waals surface area contributed by atoms with E-state index < -0.39 is 14.6 Å². The third kappa shape index (κ3) is 7.15. The van der Waals surface area contributed by atoms with Crippen molar-refractivity contribution in [2.24, 2.45) is 5.92 Å². The van der Waals surface area contributed by atoms with Crippen LogP contribution < -0.4 is 10.1 Å². The SMILES string of the molecule is CC(C)CCCn1nc(NC(=O)c2cccnc2)c2cc(Cl)c(-c3ccc(OCOP(=O)(O)O)cc3)nc21. The van der Waals surface area contributed by atoms with E-state index in [4.69, 9.17) is 31.1 Å². The average molecular weight is 560 g/mol. The van der Waals surface area contributed by atoms with E-state index in [2.05, 4.69) is 33.8 Å². The van der Waals surface area contributed by atoms with Crippen LogP contribution in [-0.2, 0) is 15.6 Å². The van der Waals surface area contributed by atoms with Crippen LogP contribution in [0.3, 0.4) is 0 Å². The number of amides is 1. The molecule has 0 saturated heterocycles. The van der Waals surface area contributed by atoms with Gasteiger partial charge in [0.1, 0.15) is 5.75 Å². The van der Waals surface area contributed by atoms with Crippen LogP contribution in [0.25, 0.3) is 22.3 Å². The second-order valence-corrected chi connectivity index (χ2v) is 10.5. The monoisotopic (exact) mass is 559 g/mol. The molecule has 3 aromatic heterocycles. The van der Waals surface area contributed by atoms with Gasteiger partial charge in [0.15, 0.2) is 18.3 Å². The summed E-state index contributed by atoms with van der Waals surface area (Å²) < 4.78 is 22.1. The van der Waals surface area contributed by atoms with Crippen LogP contribution in [0.1, 0.15) is 37.0 Å². The Hall–Kier alpha value is -3.34. The molecule has 3 N–H and O–H groups in total. The van der Waals surface area contributed by atoms with Crippen LogP contribution in [0.15, 0.2) is 54.9 Å². The summed E-state index contributed by atoms with van der Waals surface area (Å²) in [5.74, 6) is 0.893. The van der Waals surface area contributed by atoms with Gasteiger partial charge in [0.05, 0.1) is 21.7 Å². The summed E-state index contributed by atoms with van der Waals surface area (Å²) in [5.41, 5.74) is 2.17. The van der Waals surface area contributed by atoms with E-state index in [1.807, 2.05) is 0 Å². The Labute approximate surface area is 224 Å². The number of halogens is 1. The van der Waals surface area contributed by atoms with Crippen LogP contribution in [0.5, 0.6) is 5.75 Å². The lowest BCUT2D eigenvalue weighted by Crippen LogP contribution is -2.13. The second kappa shape index (κ2) is 12.0. The van der Waals surface area contributed by atoms with Crippen molar-refractivity contribution in [1.29, 1.82) is 0 Å². The molecule has 0 spiro atoms. The maximum Gasteiger partial charge on any atom is 0.472 e. The predicted molar refractivity (Wildman–Crippen MR) is 143 cm³/mol. The minimum absolute atomic E-state index is 0.342. The second-order valence-electron chi connectivity index (χ2n) is 8.90. The van der Waals surface area contributed by atoms with Gasteiger partial charge in [-0.25, -0.2) is 18.8 Å². The number of anilines is 1. The molecule has 0 atom stereocenters. The number of fused-ring (bicyclic) bond motifs is 1. The Morgan fingerprint density at radius 2 is 1.97 bits per heavy atom. The van der Waals surface area contributed by atoms with Crippen LogP contribution in [0.4, 0.5) is 5.82 Å². The third-order valence-electron chi connectivity index (χ3n) is 5.56. The molecule has 0 unspecified atom stereocenters. The van der Waals surface area contributed by atoms with Crippen LogP contribution in [0, 0.1) is 5.92 Å². The molecule has 0 aliphatic rings. The summed E-state index contributed by atoms with van der Waals surface area (Å²) in [6, 6.07) is 11.7. The van der Waals surface area contributed by atoms with Crippen LogP contribution in [-0.4, -0.2) is 42.2 Å². The molecule has 11 nitrogen and oxygen atoms in total. The molecule has 0 aliphatic carbocycles. The lowest BCUT2D eigenvalue weighted by Gasteiger charge is -2.10. The van der Waals surface area contributed by atoms with Crippen LogP contribution >= 0.6 is 19.4 Å². The van der Waals surface area contributed by atoms with Gasteiger partial charge in [0.2, 0.25) is 0 Å². The highest BCUT2D eigenvalue weighted by atomic mass is 35.5. The highest BCUT2D eigenvalue weighted by molar-refractivity contribution is 7.46. The molecule has 1 aromatic carbocycles. The predicted octanol–water partition coefficient (Wildman–Crippen LogP) is 5.28. The Morgan fingerprint density at radius 1 is 1.21 bits per heavy atom. The van der Waals surface area contributed by atoms with Crippen molar-refractivity contribution < 1.29 is 28.4 Å². The van der Waals surface area contributed by atoms with E-state index in [9.17, 15) is 9.36 Å². The fourth-order valence-electron chi connectivity index (χ4n) is 3.72. The molecule has 3 heterocycles. The van der Waals surface area contributed by atoms with Crippen LogP contribution in [0.2, 0.25) is 5.02 Å². The van der Waals surface area contributed by atoms with E-state index in [1.54, 1.807) is 53.3 Å². The van der Waals surface area contributed by atoms with Crippen molar-refractivity contribution in [2.75, 3.05) is 12.1 Å². The molecule has 0 fully saturated rings. The number of benzene rings is 1. The fourth-order valence-corrected chi connectivity index (χ4v) is 4.17. The maximum atomic E-state index is 12.8. The normalized spacial score (nSPS) is 11.7. The molecule has 0 radical (unpaired) electrons. The highest BCUT2D eigenvalue weighted by Gasteiger charge is 2.19. The highest BCUT2D eigenvalue weighted by Crippen LogP contribution is 2.36. The van der Waals surface area contributed by atoms with Crippen molar-refractivity contribution >= 4 is 42.2 Å². The number of hydrogen-bond acceptors (Lipinski definition) is 7. The summed E-state index contributed by atoms with van der Waals surface area (Å²) in [5, 5.41) is 8.45. The van der Waals surface area contributed by atoms with Gasteiger partial charge in [-0.15, -0.1) is 0 Å². The first-order chi connectivity index (χ1) is 18.1. The Bertz CT molecular complexity index is 1460. The van der Waals surface area contributed by atoms with Crippen molar-refractivity contribution in [2.45, 2.75) is 33.2 Å². The van der Waals surface area contributed by atoms with Gasteiger partial charge >= 0.3 is 7.82 Å². The largest absolute Gasteiger partial charge is 0.472 e. The lowest BCUT2D eigenvalue weighted by molar-refractivity contribution is 0.0829. The topological polar surface area (TPSA) is 149 Å². The molecular formula is C25H27ClN5O6P. The number of nitrogens with zero attached hydrogens (tertiary/aromatic N) is 4. The quantitative estimate of drug-likeness (QED) is 0.165. The first kappa shape index (κ1) is 27.7. The number of aromatic nitrogens is 4. The Kier molecular flexibility index (Phi) is 8.76. The molecule has 0 bridgehead atoms. The molecule has 200 valence electrons. The number of phosphoric ester groups is 1. The molecule has 13 heteroatoms. The minimum atomic E-state index is -4.62. The zero-order chi connectivity index (χ0) is 27.3. The standard InChI is InChI=1S/C25H27ClN5O6P/c1-16(2)5-4-12-31-24-20(23(30-31)29-25(32)18-6-3-11-27-14-18)13-21(26)22(28-24)17-7-9-19(10-8-17)36-15-37-38(33,34)35/h3,6-11,13-14,16H,4-5,12,15H2,1-2H3,(H,29,30,32)(H2,33,34,35). The molecule has 4 rings (SSSR count). The van der Waals surface area contributed by atoms with Crippen molar-refractivity contribution in [1.82, 2.24) is 19.7 Å². The number of rotatable bonds is 11. The molecule has 0 saturated carbocycles. The molecule has 1 amide bonds. The van der Waals surface area contributed by atoms with Gasteiger partial charge in [-0.2, -0.15) is 5.10 Å². The summed E-state index contributed by atoms with van der Waals surface area (Å²) in [6.45, 7) is 4.32. The summed E-state index contributed by atoms with van der Waals surface area (Å²) >= 11 is 6.63. The molecule has 4 aromatic rings. The smallest absolute Gasteiger partial charge is 0.467 e. The molecule has 0 aliphatic heterocycles. The first-order valence-corrected chi connectivity index (χ1v) is 13.7. The molecular weight excluding hydrogens is 533 g/mol. The number of aryl methyl sites for hydroxylation is 1. The van der Waals surface area contributed by atoms with Gasteiger partial charge in [0, 0.05) is 24.5 Å². The van der Waals surface area contributed by atoms with Gasteiger partial charge < -0.3 is 19.8 Å². The minimum Gasteiger partial charge on any atom is -0.467 e. The Morgan fingerprint density at radius 3 is 2.63 bits per heavy atom. The van der Waals surface area contributed by atoms with Crippen molar-refractivity contribution in [3.8, 4) is 17.0 Å². The third-order valence-corrected chi connectivity index (χ3v) is 6.29.